The lowest BCUT2D eigenvalue weighted by Crippen LogP contribution is -2.49. The third-order valence-corrected chi connectivity index (χ3v) is 4.93. The molecule has 0 atom stereocenters. The topological polar surface area (TPSA) is 77.6 Å². The number of hydrogen-bond acceptors (Lipinski definition) is 6. The highest BCUT2D eigenvalue weighted by Crippen LogP contribution is 2.29. The zero-order valence-electron chi connectivity index (χ0n) is 13.8. The Morgan fingerprint density at radius 1 is 1.12 bits per heavy atom. The summed E-state index contributed by atoms with van der Waals surface area (Å²) < 4.78 is 4.72. The van der Waals surface area contributed by atoms with Crippen molar-refractivity contribution in [2.45, 2.75) is 6.54 Å². The fourth-order valence-corrected chi connectivity index (χ4v) is 3.60. The normalized spacial score (nSPS) is 14.7. The van der Waals surface area contributed by atoms with Crippen LogP contribution in [0, 0.1) is 5.92 Å². The summed E-state index contributed by atoms with van der Waals surface area (Å²) >= 11 is 3.43. The number of aromatic nitrogens is 7. The van der Waals surface area contributed by atoms with Gasteiger partial charge in [0.2, 0.25) is 0 Å². The van der Waals surface area contributed by atoms with Gasteiger partial charge in [0.15, 0.2) is 17.0 Å². The van der Waals surface area contributed by atoms with Crippen molar-refractivity contribution in [3.63, 3.8) is 0 Å². The summed E-state index contributed by atoms with van der Waals surface area (Å²) in [7, 11) is 0. The number of nitrogens with zero attached hydrogens (tertiary/aromatic N) is 8. The van der Waals surface area contributed by atoms with E-state index in [1.807, 2.05) is 47.4 Å². The van der Waals surface area contributed by atoms with Crippen LogP contribution in [0.25, 0.3) is 16.9 Å². The first-order chi connectivity index (χ1) is 12.8. The van der Waals surface area contributed by atoms with Crippen molar-refractivity contribution in [2.24, 2.45) is 5.92 Å². The van der Waals surface area contributed by atoms with E-state index in [2.05, 4.69) is 46.2 Å². The second-order valence-corrected chi connectivity index (χ2v) is 7.27. The molecule has 0 aliphatic carbocycles. The summed E-state index contributed by atoms with van der Waals surface area (Å²) in [5.74, 6) is 1.38. The van der Waals surface area contributed by atoms with Gasteiger partial charge in [-0.3, -0.25) is 4.68 Å². The maximum Gasteiger partial charge on any atom is 0.189 e. The number of rotatable bonds is 4. The molecule has 5 rings (SSSR count). The second kappa shape index (κ2) is 6.17. The fraction of sp³-hybridized carbons (Fsp3) is 0.235. The highest BCUT2D eigenvalue weighted by Gasteiger charge is 2.30. The monoisotopic (exact) mass is 410 g/mol. The minimum atomic E-state index is 0.538. The van der Waals surface area contributed by atoms with Crippen LogP contribution in [0.3, 0.4) is 0 Å². The Kier molecular flexibility index (Phi) is 3.66. The maximum atomic E-state index is 4.45. The van der Waals surface area contributed by atoms with E-state index in [4.69, 9.17) is 0 Å². The molecule has 1 aliphatic heterocycles. The Balaban J connectivity index is 1.38. The molecule has 26 heavy (non-hydrogen) atoms. The highest BCUT2D eigenvalue weighted by atomic mass is 79.9. The van der Waals surface area contributed by atoms with Crippen LogP contribution < -0.4 is 4.90 Å². The molecule has 0 spiro atoms. The first kappa shape index (κ1) is 15.4. The van der Waals surface area contributed by atoms with Crippen LogP contribution >= 0.6 is 15.9 Å². The molecule has 1 aliphatic rings. The molecule has 4 aromatic rings. The SMILES string of the molecule is Brc1cnn(CC2CN(c3ncnc4c3nnn4-c3ccccc3)C2)c1. The van der Waals surface area contributed by atoms with Gasteiger partial charge in [-0.1, -0.05) is 23.4 Å². The quantitative estimate of drug-likeness (QED) is 0.513. The van der Waals surface area contributed by atoms with E-state index in [1.54, 1.807) is 11.0 Å². The van der Waals surface area contributed by atoms with Gasteiger partial charge in [0, 0.05) is 31.7 Å². The number of anilines is 1. The Morgan fingerprint density at radius 3 is 2.73 bits per heavy atom. The van der Waals surface area contributed by atoms with Gasteiger partial charge < -0.3 is 4.90 Å². The maximum absolute atomic E-state index is 4.45. The third-order valence-electron chi connectivity index (χ3n) is 4.52. The van der Waals surface area contributed by atoms with E-state index in [0.717, 1.165) is 46.8 Å². The zero-order valence-corrected chi connectivity index (χ0v) is 15.4. The number of halogens is 1. The molecule has 3 aromatic heterocycles. The Hall–Kier alpha value is -2.81. The van der Waals surface area contributed by atoms with Crippen molar-refractivity contribution in [2.75, 3.05) is 18.0 Å². The summed E-state index contributed by atoms with van der Waals surface area (Å²) in [6, 6.07) is 9.88. The number of para-hydroxylation sites is 1. The summed E-state index contributed by atoms with van der Waals surface area (Å²) in [5.41, 5.74) is 2.39. The first-order valence-electron chi connectivity index (χ1n) is 8.32. The lowest BCUT2D eigenvalue weighted by atomic mass is 10.0. The molecule has 9 heteroatoms. The smallest absolute Gasteiger partial charge is 0.189 e. The fourth-order valence-electron chi connectivity index (χ4n) is 3.27. The molecule has 130 valence electrons. The number of fused-ring (bicyclic) bond motifs is 1. The van der Waals surface area contributed by atoms with Crippen LogP contribution in [-0.2, 0) is 6.54 Å². The standard InChI is InChI=1S/C17H15BrN8/c18-13-6-21-25(10-13)9-12-7-24(8-12)16-15-17(20-11-19-16)26(23-22-15)14-4-2-1-3-5-14/h1-6,10-12H,7-9H2. The number of benzene rings is 1. The van der Waals surface area contributed by atoms with E-state index in [0.29, 0.717) is 5.92 Å². The zero-order chi connectivity index (χ0) is 17.5. The van der Waals surface area contributed by atoms with Crippen molar-refractivity contribution in [3.05, 3.63) is 53.5 Å². The molecule has 1 saturated heterocycles. The number of hydrogen-bond donors (Lipinski definition) is 0. The van der Waals surface area contributed by atoms with Crippen molar-refractivity contribution < 1.29 is 0 Å². The van der Waals surface area contributed by atoms with Gasteiger partial charge in [-0.2, -0.15) is 9.78 Å². The van der Waals surface area contributed by atoms with E-state index in [-0.39, 0.29) is 0 Å². The van der Waals surface area contributed by atoms with Crippen molar-refractivity contribution in [3.8, 4) is 5.69 Å². The van der Waals surface area contributed by atoms with Gasteiger partial charge in [0.05, 0.1) is 16.4 Å². The van der Waals surface area contributed by atoms with Crippen LogP contribution in [0.2, 0.25) is 0 Å². The van der Waals surface area contributed by atoms with Gasteiger partial charge >= 0.3 is 0 Å². The average molecular weight is 411 g/mol. The predicted octanol–water partition coefficient (Wildman–Crippen LogP) is 2.31. The largest absolute Gasteiger partial charge is 0.354 e. The van der Waals surface area contributed by atoms with Gasteiger partial charge in [-0.25, -0.2) is 9.97 Å². The second-order valence-electron chi connectivity index (χ2n) is 6.36. The average Bonchev–Trinajstić information content (AvgIpc) is 3.24. The van der Waals surface area contributed by atoms with E-state index in [1.165, 1.54) is 0 Å². The molecule has 4 heterocycles. The van der Waals surface area contributed by atoms with E-state index in [9.17, 15) is 0 Å². The van der Waals surface area contributed by atoms with Crippen LogP contribution in [0.4, 0.5) is 5.82 Å². The van der Waals surface area contributed by atoms with Crippen molar-refractivity contribution >= 4 is 32.9 Å². The molecular formula is C17H15BrN8. The molecule has 0 unspecified atom stereocenters. The minimum absolute atomic E-state index is 0.538. The predicted molar refractivity (Wildman–Crippen MR) is 100 cm³/mol. The molecule has 8 nitrogen and oxygen atoms in total. The lowest BCUT2D eigenvalue weighted by molar-refractivity contribution is 0.341. The van der Waals surface area contributed by atoms with Crippen LogP contribution in [0.15, 0.2) is 53.5 Å². The molecule has 0 amide bonds. The minimum Gasteiger partial charge on any atom is -0.354 e. The van der Waals surface area contributed by atoms with E-state index >= 15 is 0 Å². The molecule has 0 bridgehead atoms. The van der Waals surface area contributed by atoms with Crippen LogP contribution in [-0.4, -0.2) is 47.8 Å². The summed E-state index contributed by atoms with van der Waals surface area (Å²) in [6.45, 7) is 2.73. The molecule has 0 N–H and O–H groups in total. The van der Waals surface area contributed by atoms with Crippen LogP contribution in [0.5, 0.6) is 0 Å². The molecular weight excluding hydrogens is 396 g/mol. The Bertz CT molecular complexity index is 1050. The van der Waals surface area contributed by atoms with E-state index < -0.39 is 0 Å². The van der Waals surface area contributed by atoms with Gasteiger partial charge in [0.1, 0.15) is 6.33 Å². The Labute approximate surface area is 157 Å². The lowest BCUT2D eigenvalue weighted by Gasteiger charge is -2.39. The van der Waals surface area contributed by atoms with Gasteiger partial charge in [0.25, 0.3) is 0 Å². The van der Waals surface area contributed by atoms with Crippen molar-refractivity contribution in [1.82, 2.24) is 34.7 Å². The molecule has 0 saturated carbocycles. The summed E-state index contributed by atoms with van der Waals surface area (Å²) in [4.78, 5) is 11.1. The Morgan fingerprint density at radius 2 is 1.96 bits per heavy atom. The molecule has 1 aromatic carbocycles. The first-order valence-corrected chi connectivity index (χ1v) is 9.12. The third kappa shape index (κ3) is 2.64. The highest BCUT2D eigenvalue weighted by molar-refractivity contribution is 9.10. The van der Waals surface area contributed by atoms with Crippen LogP contribution in [0.1, 0.15) is 0 Å². The molecule has 0 radical (unpaired) electrons. The summed E-state index contributed by atoms with van der Waals surface area (Å²) in [6.07, 6.45) is 5.39. The summed E-state index contributed by atoms with van der Waals surface area (Å²) in [5, 5.41) is 12.9. The van der Waals surface area contributed by atoms with Gasteiger partial charge in [-0.15, -0.1) is 5.10 Å². The van der Waals surface area contributed by atoms with Crippen molar-refractivity contribution in [1.29, 1.82) is 0 Å². The molecule has 1 fully saturated rings. The van der Waals surface area contributed by atoms with Gasteiger partial charge in [-0.05, 0) is 28.1 Å².